The van der Waals surface area contributed by atoms with E-state index < -0.39 is 0 Å². The Kier molecular flexibility index (Phi) is 4.72. The van der Waals surface area contributed by atoms with Crippen LogP contribution in [0.1, 0.15) is 41.3 Å². The van der Waals surface area contributed by atoms with Crippen LogP contribution in [0, 0.1) is 0 Å². The van der Waals surface area contributed by atoms with Crippen LogP contribution >= 0.6 is 11.3 Å². The molecule has 118 valence electrons. The number of nitrogens with one attached hydrogen (secondary N) is 2. The van der Waals surface area contributed by atoms with Crippen LogP contribution in [-0.4, -0.2) is 31.5 Å². The predicted molar refractivity (Wildman–Crippen MR) is 86.8 cm³/mol. The van der Waals surface area contributed by atoms with Crippen LogP contribution in [0.4, 0.5) is 0 Å². The highest BCUT2D eigenvalue weighted by molar-refractivity contribution is 7.16. The fourth-order valence-corrected chi connectivity index (χ4v) is 3.02. The smallest absolute Gasteiger partial charge is 0.263 e. The molecule has 1 atom stereocenters. The minimum atomic E-state index is -0.256. The third kappa shape index (κ3) is 3.59. The van der Waals surface area contributed by atoms with Crippen molar-refractivity contribution in [2.45, 2.75) is 25.8 Å². The van der Waals surface area contributed by atoms with Gasteiger partial charge in [-0.2, -0.15) is 5.21 Å². The Hall–Kier alpha value is -2.61. The van der Waals surface area contributed by atoms with Crippen LogP contribution in [0.2, 0.25) is 0 Å². The van der Waals surface area contributed by atoms with E-state index in [1.165, 1.54) is 11.3 Å². The predicted octanol–water partition coefficient (Wildman–Crippen LogP) is 2.59. The fourth-order valence-electron chi connectivity index (χ4n) is 2.19. The summed E-state index contributed by atoms with van der Waals surface area (Å²) in [5, 5.41) is 17.7. The van der Waals surface area contributed by atoms with Crippen LogP contribution in [0.25, 0.3) is 10.6 Å². The first-order valence-corrected chi connectivity index (χ1v) is 8.15. The van der Waals surface area contributed by atoms with Crippen molar-refractivity contribution in [2.24, 2.45) is 0 Å². The van der Waals surface area contributed by atoms with Crippen LogP contribution in [-0.2, 0) is 0 Å². The Morgan fingerprint density at radius 2 is 2.17 bits per heavy atom. The molecular formula is C15H16N6OS. The van der Waals surface area contributed by atoms with Gasteiger partial charge in [0.2, 0.25) is 0 Å². The van der Waals surface area contributed by atoms with E-state index in [1.54, 1.807) is 6.20 Å². The summed E-state index contributed by atoms with van der Waals surface area (Å²) in [6.07, 6.45) is 3.24. The first-order chi connectivity index (χ1) is 11.3. The molecule has 1 amide bonds. The van der Waals surface area contributed by atoms with Gasteiger partial charge in [-0.25, -0.2) is 4.98 Å². The highest BCUT2D eigenvalue weighted by Gasteiger charge is 2.20. The third-order valence-corrected chi connectivity index (χ3v) is 4.35. The van der Waals surface area contributed by atoms with E-state index in [0.717, 1.165) is 23.4 Å². The van der Waals surface area contributed by atoms with E-state index in [4.69, 9.17) is 0 Å². The molecule has 0 radical (unpaired) electrons. The first-order valence-electron chi connectivity index (χ1n) is 7.33. The third-order valence-electron chi connectivity index (χ3n) is 3.31. The van der Waals surface area contributed by atoms with Gasteiger partial charge in [-0.15, -0.1) is 21.5 Å². The van der Waals surface area contributed by atoms with Crippen molar-refractivity contribution in [1.29, 1.82) is 0 Å². The number of carbonyl (C=O) groups is 1. The van der Waals surface area contributed by atoms with Crippen LogP contribution in [0.5, 0.6) is 0 Å². The maximum absolute atomic E-state index is 12.4. The van der Waals surface area contributed by atoms with Crippen molar-refractivity contribution in [3.63, 3.8) is 0 Å². The van der Waals surface area contributed by atoms with Crippen molar-refractivity contribution < 1.29 is 4.79 Å². The minimum Gasteiger partial charge on any atom is -0.341 e. The molecule has 0 aliphatic rings. The summed E-state index contributed by atoms with van der Waals surface area (Å²) in [6, 6.07) is 9.53. The van der Waals surface area contributed by atoms with E-state index in [-0.39, 0.29) is 11.9 Å². The number of amides is 1. The molecule has 3 rings (SSSR count). The molecule has 3 aromatic rings. The second-order valence-electron chi connectivity index (χ2n) is 4.98. The lowest BCUT2D eigenvalue weighted by atomic mass is 10.1. The van der Waals surface area contributed by atoms with Crippen LogP contribution < -0.4 is 5.32 Å². The van der Waals surface area contributed by atoms with Gasteiger partial charge in [0.25, 0.3) is 5.91 Å². The van der Waals surface area contributed by atoms with Crippen molar-refractivity contribution in [1.82, 2.24) is 30.9 Å². The average Bonchev–Trinajstić information content (AvgIpc) is 3.27. The summed E-state index contributed by atoms with van der Waals surface area (Å²) in [5.41, 5.74) is 1.000. The van der Waals surface area contributed by atoms with Crippen molar-refractivity contribution >= 4 is 17.2 Å². The molecule has 2 N–H and O–H groups in total. The summed E-state index contributed by atoms with van der Waals surface area (Å²) >= 11 is 1.36. The van der Waals surface area contributed by atoms with Gasteiger partial charge >= 0.3 is 0 Å². The van der Waals surface area contributed by atoms with Gasteiger partial charge in [0, 0.05) is 5.56 Å². The monoisotopic (exact) mass is 328 g/mol. The topological polar surface area (TPSA) is 96.5 Å². The van der Waals surface area contributed by atoms with Gasteiger partial charge < -0.3 is 5.32 Å². The van der Waals surface area contributed by atoms with E-state index in [9.17, 15) is 4.79 Å². The molecule has 8 heteroatoms. The van der Waals surface area contributed by atoms with Crippen LogP contribution in [0.3, 0.4) is 0 Å². The molecule has 2 aromatic heterocycles. The number of aromatic nitrogens is 5. The fraction of sp³-hybridized carbons (Fsp3) is 0.267. The first kappa shape index (κ1) is 15.3. The lowest BCUT2D eigenvalue weighted by Crippen LogP contribution is -2.28. The molecule has 1 unspecified atom stereocenters. The van der Waals surface area contributed by atoms with Gasteiger partial charge in [0.05, 0.1) is 12.2 Å². The van der Waals surface area contributed by atoms with E-state index in [2.05, 4.69) is 30.9 Å². The molecule has 2 heterocycles. The average molecular weight is 328 g/mol. The molecule has 1 aromatic carbocycles. The zero-order valence-electron chi connectivity index (χ0n) is 12.6. The maximum atomic E-state index is 12.4. The number of tetrazole rings is 1. The zero-order chi connectivity index (χ0) is 16.1. The maximum Gasteiger partial charge on any atom is 0.263 e. The zero-order valence-corrected chi connectivity index (χ0v) is 13.4. The number of rotatable bonds is 6. The van der Waals surface area contributed by atoms with E-state index >= 15 is 0 Å². The van der Waals surface area contributed by atoms with E-state index in [1.807, 2.05) is 37.3 Å². The molecule has 0 aliphatic heterocycles. The molecule has 0 saturated carbocycles. The summed E-state index contributed by atoms with van der Waals surface area (Å²) in [7, 11) is 0. The second-order valence-corrected chi connectivity index (χ2v) is 6.01. The molecule has 0 saturated heterocycles. The molecule has 7 nitrogen and oxygen atoms in total. The molecule has 0 bridgehead atoms. The highest BCUT2D eigenvalue weighted by atomic mass is 32.1. The second kappa shape index (κ2) is 7.10. The number of H-pyrrole nitrogens is 1. The van der Waals surface area contributed by atoms with Gasteiger partial charge in [-0.3, -0.25) is 4.79 Å². The Labute approximate surface area is 137 Å². The van der Waals surface area contributed by atoms with Crippen molar-refractivity contribution in [3.8, 4) is 10.6 Å². The van der Waals surface area contributed by atoms with Gasteiger partial charge in [-0.05, 0) is 6.42 Å². The molecular weight excluding hydrogens is 312 g/mol. The minimum absolute atomic E-state index is 0.173. The molecule has 23 heavy (non-hydrogen) atoms. The largest absolute Gasteiger partial charge is 0.341 e. The van der Waals surface area contributed by atoms with E-state index in [0.29, 0.717) is 10.7 Å². The Bertz CT molecular complexity index is 755. The molecule has 0 spiro atoms. The number of aromatic amines is 1. The standard InChI is InChI=1S/C15H16N6OS/c1-2-6-11(13-18-20-21-19-13)17-14(22)12-9-16-15(23-12)10-7-4-3-5-8-10/h3-5,7-9,11H,2,6H2,1H3,(H,17,22)(H,18,19,20,21). The van der Waals surface area contributed by atoms with Gasteiger partial charge in [0.1, 0.15) is 9.88 Å². The lowest BCUT2D eigenvalue weighted by Gasteiger charge is -2.13. The van der Waals surface area contributed by atoms with Crippen LogP contribution in [0.15, 0.2) is 36.5 Å². The Morgan fingerprint density at radius 3 is 2.87 bits per heavy atom. The summed E-state index contributed by atoms with van der Waals surface area (Å²) in [5.74, 6) is 0.320. The number of nitrogens with zero attached hydrogens (tertiary/aromatic N) is 4. The number of carbonyl (C=O) groups excluding carboxylic acids is 1. The molecule has 0 aliphatic carbocycles. The Balaban J connectivity index is 1.74. The normalized spacial score (nSPS) is 12.0. The number of benzene rings is 1. The van der Waals surface area contributed by atoms with Crippen molar-refractivity contribution in [2.75, 3.05) is 0 Å². The summed E-state index contributed by atoms with van der Waals surface area (Å²) in [4.78, 5) is 17.3. The quantitative estimate of drug-likeness (QED) is 0.725. The van der Waals surface area contributed by atoms with Gasteiger partial charge in [-0.1, -0.05) is 48.9 Å². The number of thiazole rings is 1. The number of hydrogen-bond donors (Lipinski definition) is 2. The summed E-state index contributed by atoms with van der Waals surface area (Å²) < 4.78 is 0. The highest BCUT2D eigenvalue weighted by Crippen LogP contribution is 2.25. The summed E-state index contributed by atoms with van der Waals surface area (Å²) in [6.45, 7) is 2.04. The SMILES string of the molecule is CCCC(NC(=O)c1cnc(-c2ccccc2)s1)c1nn[nH]n1. The lowest BCUT2D eigenvalue weighted by molar-refractivity contribution is 0.0936. The Morgan fingerprint density at radius 1 is 1.35 bits per heavy atom. The number of hydrogen-bond acceptors (Lipinski definition) is 6. The molecule has 0 fully saturated rings. The van der Waals surface area contributed by atoms with Crippen molar-refractivity contribution in [3.05, 3.63) is 47.2 Å². The van der Waals surface area contributed by atoms with Gasteiger partial charge in [0.15, 0.2) is 5.82 Å².